The number of carbonyl (C=O) groups is 1. The number of benzene rings is 1. The van der Waals surface area contributed by atoms with E-state index in [1.165, 1.54) is 31.1 Å². The minimum Gasteiger partial charge on any atom is -0.453 e. The first kappa shape index (κ1) is 21.4. The second kappa shape index (κ2) is 9.96. The number of methoxy groups -OCH3 is 1. The monoisotopic (exact) mass is 442 g/mol. The van der Waals surface area contributed by atoms with Crippen molar-refractivity contribution in [3.8, 4) is 0 Å². The number of aromatic nitrogens is 2. The third kappa shape index (κ3) is 5.25. The van der Waals surface area contributed by atoms with Gasteiger partial charge >= 0.3 is 6.09 Å². The Labute approximate surface area is 186 Å². The number of hydrogen-bond acceptors (Lipinski definition) is 6. The summed E-state index contributed by atoms with van der Waals surface area (Å²) < 4.78 is 5.95. The SMILES string of the molecule is COC(=O)N1CCC(c2ccc[nH]c2=O)CC1.[HH].c1ccc2sc(NC3CCC3)nc2c1. The van der Waals surface area contributed by atoms with Crippen LogP contribution < -0.4 is 10.9 Å². The van der Waals surface area contributed by atoms with Crippen molar-refractivity contribution < 1.29 is 11.0 Å². The van der Waals surface area contributed by atoms with Gasteiger partial charge in [-0.15, -0.1) is 0 Å². The standard InChI is InChI=1S/C12H16N2O3.C11H12N2S.H2/c1-17-12(16)14-7-4-9(5-8-14)10-3-2-6-13-11(10)15;1-2-7-10-9(6-1)13-11(14-10)12-8-4-3-5-8;/h2-3,6,9H,4-5,7-8H2,1H3,(H,13,15);1-2,6-8H,3-5H2,(H,12,13);1H. The Hall–Kier alpha value is -2.87. The molecule has 1 saturated heterocycles. The number of hydrogen-bond donors (Lipinski definition) is 2. The molecule has 0 spiro atoms. The number of nitrogens with one attached hydrogen (secondary N) is 2. The molecule has 0 radical (unpaired) electrons. The Morgan fingerprint density at radius 1 is 1.19 bits per heavy atom. The lowest BCUT2D eigenvalue weighted by Gasteiger charge is -2.30. The van der Waals surface area contributed by atoms with Crippen LogP contribution in [0.3, 0.4) is 0 Å². The molecular formula is C23H30N4O3S. The molecule has 7 nitrogen and oxygen atoms in total. The van der Waals surface area contributed by atoms with E-state index in [0.717, 1.165) is 29.1 Å². The van der Waals surface area contributed by atoms with Crippen LogP contribution in [0.15, 0.2) is 47.4 Å². The number of aromatic amines is 1. The van der Waals surface area contributed by atoms with Crippen LogP contribution in [0.5, 0.6) is 0 Å². The summed E-state index contributed by atoms with van der Waals surface area (Å²) >= 11 is 1.75. The van der Waals surface area contributed by atoms with Crippen LogP contribution in [-0.4, -0.2) is 47.2 Å². The highest BCUT2D eigenvalue weighted by Gasteiger charge is 2.25. The molecule has 2 N–H and O–H groups in total. The Morgan fingerprint density at radius 2 is 1.97 bits per heavy atom. The second-order valence-electron chi connectivity index (χ2n) is 7.94. The van der Waals surface area contributed by atoms with Gasteiger partial charge in [0.1, 0.15) is 0 Å². The molecule has 2 aromatic heterocycles. The average molecular weight is 443 g/mol. The molecular weight excluding hydrogens is 412 g/mol. The zero-order chi connectivity index (χ0) is 21.6. The zero-order valence-corrected chi connectivity index (χ0v) is 18.5. The highest BCUT2D eigenvalue weighted by Crippen LogP contribution is 2.29. The fraction of sp³-hybridized carbons (Fsp3) is 0.435. The summed E-state index contributed by atoms with van der Waals surface area (Å²) in [5, 5.41) is 4.55. The Balaban J connectivity index is 0.000000178. The molecule has 1 aromatic carbocycles. The number of carbonyl (C=O) groups excluding carboxylic acids is 1. The number of nitrogens with zero attached hydrogens (tertiary/aromatic N) is 2. The highest BCUT2D eigenvalue weighted by atomic mass is 32.1. The first-order valence-electron chi connectivity index (χ1n) is 10.8. The van der Waals surface area contributed by atoms with Crippen LogP contribution in [0, 0.1) is 0 Å². The van der Waals surface area contributed by atoms with E-state index in [4.69, 9.17) is 0 Å². The molecule has 31 heavy (non-hydrogen) atoms. The maximum atomic E-state index is 11.6. The molecule has 2 aliphatic rings. The Morgan fingerprint density at radius 3 is 2.61 bits per heavy atom. The van der Waals surface area contributed by atoms with Gasteiger partial charge in [0, 0.05) is 32.3 Å². The van der Waals surface area contributed by atoms with Gasteiger partial charge in [0.25, 0.3) is 5.56 Å². The van der Waals surface area contributed by atoms with Crippen molar-refractivity contribution >= 4 is 32.8 Å². The summed E-state index contributed by atoms with van der Waals surface area (Å²) in [5.41, 5.74) is 1.90. The molecule has 0 bridgehead atoms. The number of amides is 1. The molecule has 1 saturated carbocycles. The summed E-state index contributed by atoms with van der Waals surface area (Å²) in [4.78, 5) is 31.8. The molecule has 8 heteroatoms. The lowest BCUT2D eigenvalue weighted by atomic mass is 9.90. The van der Waals surface area contributed by atoms with Crippen molar-refractivity contribution in [1.29, 1.82) is 0 Å². The van der Waals surface area contributed by atoms with Gasteiger partial charge in [0.05, 0.1) is 17.3 Å². The van der Waals surface area contributed by atoms with Gasteiger partial charge in [-0.2, -0.15) is 0 Å². The van der Waals surface area contributed by atoms with Crippen LogP contribution in [0.25, 0.3) is 10.2 Å². The van der Waals surface area contributed by atoms with Gasteiger partial charge in [-0.05, 0) is 56.2 Å². The number of rotatable bonds is 3. The lowest BCUT2D eigenvalue weighted by molar-refractivity contribution is 0.112. The van der Waals surface area contributed by atoms with Crippen LogP contribution in [0.1, 0.15) is 45.0 Å². The number of piperidine rings is 1. The largest absolute Gasteiger partial charge is 0.453 e. The van der Waals surface area contributed by atoms with Crippen molar-refractivity contribution in [2.75, 3.05) is 25.5 Å². The minimum atomic E-state index is -0.287. The summed E-state index contributed by atoms with van der Waals surface area (Å²) in [6, 6.07) is 12.7. The van der Waals surface area contributed by atoms with Gasteiger partial charge < -0.3 is 19.9 Å². The Kier molecular flexibility index (Phi) is 6.86. The van der Waals surface area contributed by atoms with Gasteiger partial charge in [0.15, 0.2) is 5.13 Å². The quantitative estimate of drug-likeness (QED) is 0.607. The Bertz CT molecular complexity index is 1040. The van der Waals surface area contributed by atoms with Crippen molar-refractivity contribution in [2.24, 2.45) is 0 Å². The summed E-state index contributed by atoms with van der Waals surface area (Å²) in [5.74, 6) is 0.237. The maximum Gasteiger partial charge on any atom is 0.409 e. The fourth-order valence-electron chi connectivity index (χ4n) is 3.92. The molecule has 166 valence electrons. The van der Waals surface area contributed by atoms with E-state index < -0.39 is 0 Å². The van der Waals surface area contributed by atoms with Crippen molar-refractivity contribution in [2.45, 2.75) is 44.1 Å². The normalized spacial score (nSPS) is 16.9. The number of anilines is 1. The number of H-pyrrole nitrogens is 1. The maximum absolute atomic E-state index is 11.6. The van der Waals surface area contributed by atoms with E-state index in [9.17, 15) is 9.59 Å². The first-order valence-corrected chi connectivity index (χ1v) is 11.6. The van der Waals surface area contributed by atoms with E-state index in [1.54, 1.807) is 22.4 Å². The predicted molar refractivity (Wildman–Crippen MR) is 126 cm³/mol. The van der Waals surface area contributed by atoms with E-state index in [1.807, 2.05) is 18.2 Å². The summed E-state index contributed by atoms with van der Waals surface area (Å²) in [7, 11) is 1.39. The molecule has 0 unspecified atom stereocenters. The third-order valence-electron chi connectivity index (χ3n) is 5.94. The van der Waals surface area contributed by atoms with Crippen LogP contribution in [0.4, 0.5) is 9.93 Å². The number of fused-ring (bicyclic) bond motifs is 1. The lowest BCUT2D eigenvalue weighted by Crippen LogP contribution is -2.38. The molecule has 1 aliphatic carbocycles. The molecule has 3 heterocycles. The van der Waals surface area contributed by atoms with Gasteiger partial charge in [-0.25, -0.2) is 9.78 Å². The van der Waals surface area contributed by atoms with Crippen molar-refractivity contribution in [3.05, 3.63) is 58.5 Å². The van der Waals surface area contributed by atoms with Crippen LogP contribution >= 0.6 is 11.3 Å². The third-order valence-corrected chi connectivity index (χ3v) is 6.91. The molecule has 0 atom stereocenters. The van der Waals surface area contributed by atoms with E-state index >= 15 is 0 Å². The smallest absolute Gasteiger partial charge is 0.409 e. The zero-order valence-electron chi connectivity index (χ0n) is 17.7. The van der Waals surface area contributed by atoms with Crippen LogP contribution in [-0.2, 0) is 4.74 Å². The average Bonchev–Trinajstić information content (AvgIpc) is 3.19. The topological polar surface area (TPSA) is 87.3 Å². The first-order chi connectivity index (χ1) is 15.1. The van der Waals surface area contributed by atoms with E-state index in [0.29, 0.717) is 19.1 Å². The second-order valence-corrected chi connectivity index (χ2v) is 8.98. The predicted octanol–water partition coefficient (Wildman–Crippen LogP) is 4.83. The number of thiazole rings is 1. The minimum absolute atomic E-state index is 0. The van der Waals surface area contributed by atoms with E-state index in [-0.39, 0.29) is 19.0 Å². The van der Waals surface area contributed by atoms with Crippen molar-refractivity contribution in [3.63, 3.8) is 0 Å². The van der Waals surface area contributed by atoms with E-state index in [2.05, 4.69) is 38.2 Å². The van der Waals surface area contributed by atoms with Crippen molar-refractivity contribution in [1.82, 2.24) is 14.9 Å². The van der Waals surface area contributed by atoms with Gasteiger partial charge in [0.2, 0.25) is 0 Å². The number of pyridine rings is 1. The summed E-state index contributed by atoms with van der Waals surface area (Å²) in [6.07, 6.45) is 6.93. The molecule has 3 aromatic rings. The fourth-order valence-corrected chi connectivity index (χ4v) is 4.86. The number of likely N-dealkylation sites (tertiary alicyclic amines) is 1. The molecule has 1 amide bonds. The van der Waals surface area contributed by atoms with Crippen LogP contribution in [0.2, 0.25) is 0 Å². The van der Waals surface area contributed by atoms with Gasteiger partial charge in [-0.3, -0.25) is 4.79 Å². The highest BCUT2D eigenvalue weighted by molar-refractivity contribution is 7.22. The summed E-state index contributed by atoms with van der Waals surface area (Å²) in [6.45, 7) is 1.29. The number of ether oxygens (including phenoxy) is 1. The van der Waals surface area contributed by atoms with Gasteiger partial charge in [-0.1, -0.05) is 29.5 Å². The molecule has 5 rings (SSSR count). The number of para-hydroxylation sites is 1. The molecule has 2 fully saturated rings. The molecule has 1 aliphatic heterocycles.